The van der Waals surface area contributed by atoms with Crippen LogP contribution in [0.15, 0.2) is 54.6 Å². The standard InChI is InChI=1S/C26H30FN3O4/c1-4-15-33-19-22(31)17-29(14-16-32-3)18-23-20(2)28-30(21-10-6-5-7-11-21)26(23)34-25-13-9-8-12-24(25)27/h1,5-13,22,31H,14-19H2,2-3H3/t22-/m0/s1. The number of aryl methyl sites for hydroxylation is 1. The zero-order valence-electron chi connectivity index (χ0n) is 19.5. The molecule has 0 radical (unpaired) electrons. The van der Waals surface area contributed by atoms with Crippen molar-refractivity contribution in [3.8, 4) is 29.7 Å². The van der Waals surface area contributed by atoms with E-state index in [9.17, 15) is 9.50 Å². The van der Waals surface area contributed by atoms with Crippen LogP contribution < -0.4 is 4.74 Å². The van der Waals surface area contributed by atoms with Gasteiger partial charge in [-0.05, 0) is 31.2 Å². The van der Waals surface area contributed by atoms with E-state index in [4.69, 9.17) is 20.6 Å². The second kappa shape index (κ2) is 12.9. The predicted octanol–water partition coefficient (Wildman–Crippen LogP) is 3.57. The average molecular weight is 468 g/mol. The highest BCUT2D eigenvalue weighted by Gasteiger charge is 2.23. The molecule has 2 aromatic carbocycles. The fourth-order valence-corrected chi connectivity index (χ4v) is 3.48. The number of aromatic nitrogens is 2. The van der Waals surface area contributed by atoms with Crippen molar-refractivity contribution in [2.75, 3.05) is 40.0 Å². The molecule has 0 bridgehead atoms. The Balaban J connectivity index is 1.93. The Morgan fingerprint density at radius 3 is 2.62 bits per heavy atom. The Hall–Kier alpha value is -3.22. The number of terminal acetylenes is 1. The van der Waals surface area contributed by atoms with Crippen LogP contribution in [-0.2, 0) is 16.0 Å². The van der Waals surface area contributed by atoms with Gasteiger partial charge in [0.15, 0.2) is 11.6 Å². The number of aliphatic hydroxyl groups excluding tert-OH is 1. The normalized spacial score (nSPS) is 12.0. The zero-order valence-corrected chi connectivity index (χ0v) is 19.5. The van der Waals surface area contributed by atoms with Crippen LogP contribution in [0.4, 0.5) is 4.39 Å². The molecule has 0 aliphatic carbocycles. The van der Waals surface area contributed by atoms with Crippen molar-refractivity contribution < 1.29 is 23.7 Å². The summed E-state index contributed by atoms with van der Waals surface area (Å²) in [6, 6.07) is 15.8. The molecule has 0 amide bonds. The molecule has 1 atom stereocenters. The first-order chi connectivity index (χ1) is 16.5. The molecule has 7 nitrogen and oxygen atoms in total. The van der Waals surface area contributed by atoms with Crippen molar-refractivity contribution in [1.82, 2.24) is 14.7 Å². The summed E-state index contributed by atoms with van der Waals surface area (Å²) < 4.78 is 32.7. The van der Waals surface area contributed by atoms with Crippen molar-refractivity contribution in [1.29, 1.82) is 0 Å². The average Bonchev–Trinajstić information content (AvgIpc) is 3.14. The number of hydrogen-bond donors (Lipinski definition) is 1. The molecule has 8 heteroatoms. The summed E-state index contributed by atoms with van der Waals surface area (Å²) in [6.07, 6.45) is 4.46. The number of ether oxygens (including phenoxy) is 3. The van der Waals surface area contributed by atoms with Gasteiger partial charge in [-0.15, -0.1) is 6.42 Å². The fraction of sp³-hybridized carbons (Fsp3) is 0.346. The topological polar surface area (TPSA) is 69.0 Å². The molecule has 0 unspecified atom stereocenters. The number of rotatable bonds is 13. The Labute approximate surface area is 199 Å². The third-order valence-electron chi connectivity index (χ3n) is 5.14. The second-order valence-corrected chi connectivity index (χ2v) is 7.75. The second-order valence-electron chi connectivity index (χ2n) is 7.75. The van der Waals surface area contributed by atoms with Gasteiger partial charge in [0.05, 0.1) is 36.3 Å². The summed E-state index contributed by atoms with van der Waals surface area (Å²) in [6.45, 7) is 3.88. The Morgan fingerprint density at radius 1 is 1.18 bits per heavy atom. The molecule has 0 aliphatic rings. The van der Waals surface area contributed by atoms with Gasteiger partial charge in [-0.2, -0.15) is 5.10 Å². The maximum atomic E-state index is 14.5. The van der Waals surface area contributed by atoms with Gasteiger partial charge in [0.1, 0.15) is 6.61 Å². The van der Waals surface area contributed by atoms with Gasteiger partial charge < -0.3 is 19.3 Å². The summed E-state index contributed by atoms with van der Waals surface area (Å²) in [7, 11) is 1.62. The predicted molar refractivity (Wildman–Crippen MR) is 128 cm³/mol. The number of benzene rings is 2. The molecule has 3 aromatic rings. The van der Waals surface area contributed by atoms with Crippen LogP contribution in [0.2, 0.25) is 0 Å². The first-order valence-corrected chi connectivity index (χ1v) is 11.0. The number of para-hydroxylation sites is 2. The molecule has 180 valence electrons. The van der Waals surface area contributed by atoms with Crippen molar-refractivity contribution >= 4 is 0 Å². The van der Waals surface area contributed by atoms with E-state index in [2.05, 4.69) is 11.0 Å². The first kappa shape index (κ1) is 25.4. The highest BCUT2D eigenvalue weighted by atomic mass is 19.1. The minimum atomic E-state index is -0.745. The molecule has 0 saturated carbocycles. The quantitative estimate of drug-likeness (QED) is 0.306. The Morgan fingerprint density at radius 2 is 1.91 bits per heavy atom. The van der Waals surface area contributed by atoms with Gasteiger partial charge >= 0.3 is 0 Å². The van der Waals surface area contributed by atoms with Gasteiger partial charge in [-0.3, -0.25) is 4.90 Å². The zero-order chi connectivity index (χ0) is 24.3. The largest absolute Gasteiger partial charge is 0.435 e. The minimum absolute atomic E-state index is 0.104. The third-order valence-corrected chi connectivity index (χ3v) is 5.14. The lowest BCUT2D eigenvalue weighted by atomic mass is 10.2. The smallest absolute Gasteiger partial charge is 0.227 e. The van der Waals surface area contributed by atoms with Gasteiger partial charge in [0.2, 0.25) is 5.88 Å². The SMILES string of the molecule is C#CCOC[C@@H](O)CN(CCOC)Cc1c(C)nn(-c2ccccc2)c1Oc1ccccc1F. The lowest BCUT2D eigenvalue weighted by Crippen LogP contribution is -2.36. The molecule has 3 rings (SSSR count). The fourth-order valence-electron chi connectivity index (χ4n) is 3.48. The van der Waals surface area contributed by atoms with E-state index in [1.807, 2.05) is 42.2 Å². The van der Waals surface area contributed by atoms with Crippen LogP contribution in [0.25, 0.3) is 5.69 Å². The molecular formula is C26H30FN3O4. The lowest BCUT2D eigenvalue weighted by Gasteiger charge is -2.25. The van der Waals surface area contributed by atoms with Crippen LogP contribution in [0.1, 0.15) is 11.3 Å². The van der Waals surface area contributed by atoms with E-state index in [0.717, 1.165) is 16.9 Å². The van der Waals surface area contributed by atoms with Gasteiger partial charge in [-0.1, -0.05) is 36.3 Å². The lowest BCUT2D eigenvalue weighted by molar-refractivity contribution is 0.0205. The van der Waals surface area contributed by atoms with Crippen molar-refractivity contribution in [2.24, 2.45) is 0 Å². The van der Waals surface area contributed by atoms with Gasteiger partial charge in [0.25, 0.3) is 0 Å². The van der Waals surface area contributed by atoms with E-state index < -0.39 is 11.9 Å². The molecule has 1 aromatic heterocycles. The van der Waals surface area contributed by atoms with E-state index in [-0.39, 0.29) is 19.0 Å². The monoisotopic (exact) mass is 467 g/mol. The van der Waals surface area contributed by atoms with Crippen LogP contribution in [-0.4, -0.2) is 65.9 Å². The van der Waals surface area contributed by atoms with E-state index in [0.29, 0.717) is 32.1 Å². The highest BCUT2D eigenvalue weighted by Crippen LogP contribution is 2.32. The van der Waals surface area contributed by atoms with Crippen LogP contribution in [0, 0.1) is 25.1 Å². The third kappa shape index (κ3) is 6.89. The molecule has 0 aliphatic heterocycles. The molecule has 34 heavy (non-hydrogen) atoms. The maximum absolute atomic E-state index is 14.5. The molecule has 0 fully saturated rings. The highest BCUT2D eigenvalue weighted by molar-refractivity contribution is 5.43. The molecule has 1 heterocycles. The van der Waals surface area contributed by atoms with Crippen molar-refractivity contribution in [2.45, 2.75) is 19.6 Å². The minimum Gasteiger partial charge on any atom is -0.435 e. The molecule has 0 saturated heterocycles. The van der Waals surface area contributed by atoms with Crippen LogP contribution in [0.5, 0.6) is 11.6 Å². The summed E-state index contributed by atoms with van der Waals surface area (Å²) >= 11 is 0. The van der Waals surface area contributed by atoms with E-state index >= 15 is 0 Å². The number of halogens is 1. The van der Waals surface area contributed by atoms with E-state index in [1.165, 1.54) is 6.07 Å². The van der Waals surface area contributed by atoms with Gasteiger partial charge in [-0.25, -0.2) is 9.07 Å². The molecule has 0 spiro atoms. The number of nitrogens with zero attached hydrogens (tertiary/aromatic N) is 3. The van der Waals surface area contributed by atoms with Crippen LogP contribution >= 0.6 is 0 Å². The number of aliphatic hydroxyl groups is 1. The molecular weight excluding hydrogens is 437 g/mol. The van der Waals surface area contributed by atoms with Crippen LogP contribution in [0.3, 0.4) is 0 Å². The van der Waals surface area contributed by atoms with Crippen molar-refractivity contribution in [3.05, 3.63) is 71.7 Å². The summed E-state index contributed by atoms with van der Waals surface area (Å²) in [5.74, 6) is 2.43. The number of hydrogen-bond acceptors (Lipinski definition) is 6. The first-order valence-electron chi connectivity index (χ1n) is 11.0. The molecule has 1 N–H and O–H groups in total. The van der Waals surface area contributed by atoms with Crippen molar-refractivity contribution in [3.63, 3.8) is 0 Å². The summed E-state index contributed by atoms with van der Waals surface area (Å²) in [4.78, 5) is 2.01. The summed E-state index contributed by atoms with van der Waals surface area (Å²) in [5.41, 5.74) is 2.30. The Kier molecular flexibility index (Phi) is 9.62. The van der Waals surface area contributed by atoms with Gasteiger partial charge in [0, 0.05) is 26.7 Å². The maximum Gasteiger partial charge on any atom is 0.227 e. The Bertz CT molecular complexity index is 1080. The number of methoxy groups -OCH3 is 1. The van der Waals surface area contributed by atoms with E-state index in [1.54, 1.807) is 30.0 Å². The summed E-state index contributed by atoms with van der Waals surface area (Å²) in [5, 5.41) is 15.1.